The van der Waals surface area contributed by atoms with E-state index in [1.807, 2.05) is 25.1 Å². The van der Waals surface area contributed by atoms with Gasteiger partial charge in [0.25, 0.3) is 0 Å². The molecule has 3 N–H and O–H groups in total. The van der Waals surface area contributed by atoms with Crippen molar-refractivity contribution < 1.29 is 10.2 Å². The molecule has 0 aromatic heterocycles. The van der Waals surface area contributed by atoms with Crippen molar-refractivity contribution in [3.63, 3.8) is 0 Å². The van der Waals surface area contributed by atoms with Crippen molar-refractivity contribution in [3.05, 3.63) is 33.8 Å². The lowest BCUT2D eigenvalue weighted by Gasteiger charge is -2.19. The number of aliphatic hydroxyl groups excluding tert-OH is 2. The summed E-state index contributed by atoms with van der Waals surface area (Å²) in [5.41, 5.74) is 1.73. The lowest BCUT2D eigenvalue weighted by atomic mass is 9.99. The number of hydrogen-bond acceptors (Lipinski definition) is 3. The molecule has 2 atom stereocenters. The molecule has 0 aliphatic rings. The fourth-order valence-electron chi connectivity index (χ4n) is 1.50. The largest absolute Gasteiger partial charge is 0.389 e. The Morgan fingerprint density at radius 3 is 2.60 bits per heavy atom. The molecule has 2 unspecified atom stereocenters. The van der Waals surface area contributed by atoms with Gasteiger partial charge in [-0.25, -0.2) is 0 Å². The van der Waals surface area contributed by atoms with Crippen LogP contribution in [0.5, 0.6) is 0 Å². The van der Waals surface area contributed by atoms with Crippen LogP contribution >= 0.6 is 15.9 Å². The fourth-order valence-corrected chi connectivity index (χ4v) is 1.97. The normalized spacial score (nSPS) is 15.0. The summed E-state index contributed by atoms with van der Waals surface area (Å²) in [6.45, 7) is 2.28. The molecule has 1 aromatic carbocycles. The van der Waals surface area contributed by atoms with Gasteiger partial charge in [-0.3, -0.25) is 0 Å². The molecule has 0 spiro atoms. The zero-order valence-corrected chi connectivity index (χ0v) is 10.5. The summed E-state index contributed by atoms with van der Waals surface area (Å²) < 4.78 is 0.971. The number of hydrogen-bond donors (Lipinski definition) is 3. The highest BCUT2D eigenvalue weighted by atomic mass is 79.9. The second kappa shape index (κ2) is 5.61. The minimum absolute atomic E-state index is 0.372. The molecule has 0 aliphatic carbocycles. The molecule has 0 saturated heterocycles. The summed E-state index contributed by atoms with van der Waals surface area (Å²) >= 11 is 3.36. The first-order chi connectivity index (χ1) is 7.06. The van der Waals surface area contributed by atoms with E-state index in [1.54, 1.807) is 7.05 Å². The van der Waals surface area contributed by atoms with E-state index in [2.05, 4.69) is 21.2 Å². The van der Waals surface area contributed by atoms with Crippen LogP contribution in [0.15, 0.2) is 22.7 Å². The van der Waals surface area contributed by atoms with E-state index in [0.29, 0.717) is 6.54 Å². The number of aliphatic hydroxyl groups is 2. The molecule has 15 heavy (non-hydrogen) atoms. The summed E-state index contributed by atoms with van der Waals surface area (Å²) in [7, 11) is 1.74. The Morgan fingerprint density at radius 2 is 2.07 bits per heavy atom. The topological polar surface area (TPSA) is 52.5 Å². The van der Waals surface area contributed by atoms with Crippen molar-refractivity contribution >= 4 is 15.9 Å². The predicted molar refractivity (Wildman–Crippen MR) is 63.8 cm³/mol. The molecule has 1 aromatic rings. The van der Waals surface area contributed by atoms with E-state index in [4.69, 9.17) is 0 Å². The summed E-state index contributed by atoms with van der Waals surface area (Å²) in [4.78, 5) is 0. The van der Waals surface area contributed by atoms with Crippen LogP contribution in [0.4, 0.5) is 0 Å². The van der Waals surface area contributed by atoms with Gasteiger partial charge in [-0.1, -0.05) is 22.0 Å². The quantitative estimate of drug-likeness (QED) is 0.777. The number of aryl methyl sites for hydroxylation is 1. The monoisotopic (exact) mass is 273 g/mol. The van der Waals surface area contributed by atoms with E-state index in [0.717, 1.165) is 15.6 Å². The Kier molecular flexibility index (Phi) is 4.73. The van der Waals surface area contributed by atoms with Gasteiger partial charge in [0.2, 0.25) is 0 Å². The van der Waals surface area contributed by atoms with Crippen LogP contribution in [0.1, 0.15) is 17.2 Å². The smallest absolute Gasteiger partial charge is 0.106 e. The SMILES string of the molecule is CNCC(O)C(O)c1ccc(Br)cc1C. The number of rotatable bonds is 4. The molecule has 0 radical (unpaired) electrons. The first kappa shape index (κ1) is 12.6. The van der Waals surface area contributed by atoms with Crippen LogP contribution < -0.4 is 5.32 Å². The van der Waals surface area contributed by atoms with E-state index in [-0.39, 0.29) is 0 Å². The van der Waals surface area contributed by atoms with Crippen molar-refractivity contribution in [1.82, 2.24) is 5.32 Å². The molecule has 0 aliphatic heterocycles. The van der Waals surface area contributed by atoms with Gasteiger partial charge >= 0.3 is 0 Å². The highest BCUT2D eigenvalue weighted by Gasteiger charge is 2.19. The second-order valence-corrected chi connectivity index (χ2v) is 4.49. The highest BCUT2D eigenvalue weighted by molar-refractivity contribution is 9.10. The lowest BCUT2D eigenvalue weighted by molar-refractivity contribution is 0.0198. The average molecular weight is 274 g/mol. The van der Waals surface area contributed by atoms with E-state index < -0.39 is 12.2 Å². The van der Waals surface area contributed by atoms with Gasteiger partial charge in [-0.2, -0.15) is 0 Å². The van der Waals surface area contributed by atoms with Gasteiger partial charge in [-0.15, -0.1) is 0 Å². The van der Waals surface area contributed by atoms with Gasteiger partial charge in [-0.05, 0) is 37.2 Å². The zero-order valence-electron chi connectivity index (χ0n) is 8.87. The zero-order chi connectivity index (χ0) is 11.4. The van der Waals surface area contributed by atoms with E-state index in [1.165, 1.54) is 0 Å². The average Bonchev–Trinajstić information content (AvgIpc) is 2.17. The van der Waals surface area contributed by atoms with Crippen molar-refractivity contribution in [1.29, 1.82) is 0 Å². The standard InChI is InChI=1S/C11H16BrNO2/c1-7-5-8(12)3-4-9(7)11(15)10(14)6-13-2/h3-5,10-11,13-15H,6H2,1-2H3. The molecular formula is C11H16BrNO2. The van der Waals surface area contributed by atoms with Crippen LogP contribution in [-0.4, -0.2) is 29.9 Å². The van der Waals surface area contributed by atoms with Crippen molar-refractivity contribution in [3.8, 4) is 0 Å². The Bertz CT molecular complexity index is 330. The lowest BCUT2D eigenvalue weighted by Crippen LogP contribution is -2.29. The second-order valence-electron chi connectivity index (χ2n) is 3.57. The molecular weight excluding hydrogens is 258 g/mol. The summed E-state index contributed by atoms with van der Waals surface area (Å²) in [5.74, 6) is 0. The van der Waals surface area contributed by atoms with Crippen molar-refractivity contribution in [2.75, 3.05) is 13.6 Å². The number of halogens is 1. The molecule has 3 nitrogen and oxygen atoms in total. The third-order valence-electron chi connectivity index (χ3n) is 2.33. The van der Waals surface area contributed by atoms with Gasteiger partial charge in [0, 0.05) is 11.0 Å². The number of likely N-dealkylation sites (N-methyl/N-ethyl adjacent to an activating group) is 1. The number of nitrogens with one attached hydrogen (secondary N) is 1. The molecule has 0 heterocycles. The third kappa shape index (κ3) is 3.28. The van der Waals surface area contributed by atoms with Gasteiger partial charge in [0.15, 0.2) is 0 Å². The molecule has 1 rings (SSSR count). The molecule has 0 fully saturated rings. The summed E-state index contributed by atoms with van der Waals surface area (Å²) in [5, 5.41) is 22.4. The molecule has 0 bridgehead atoms. The van der Waals surface area contributed by atoms with Gasteiger partial charge in [0.05, 0.1) is 6.10 Å². The number of benzene rings is 1. The van der Waals surface area contributed by atoms with Crippen LogP contribution in [0.2, 0.25) is 0 Å². The maximum Gasteiger partial charge on any atom is 0.106 e. The van der Waals surface area contributed by atoms with Crippen molar-refractivity contribution in [2.45, 2.75) is 19.1 Å². The Balaban J connectivity index is 2.86. The molecule has 4 heteroatoms. The van der Waals surface area contributed by atoms with Gasteiger partial charge < -0.3 is 15.5 Å². The molecule has 0 saturated carbocycles. The minimum atomic E-state index is -0.842. The van der Waals surface area contributed by atoms with Crippen LogP contribution in [0, 0.1) is 6.92 Å². The third-order valence-corrected chi connectivity index (χ3v) is 2.82. The highest BCUT2D eigenvalue weighted by Crippen LogP contribution is 2.23. The first-order valence-electron chi connectivity index (χ1n) is 4.83. The minimum Gasteiger partial charge on any atom is -0.389 e. The predicted octanol–water partition coefficient (Wildman–Crippen LogP) is 1.37. The summed E-state index contributed by atoms with van der Waals surface area (Å²) in [6.07, 6.45) is -1.62. The maximum atomic E-state index is 9.89. The maximum absolute atomic E-state index is 9.89. The van der Waals surface area contributed by atoms with Crippen LogP contribution in [0.25, 0.3) is 0 Å². The Labute approximate surface area is 98.3 Å². The van der Waals surface area contributed by atoms with E-state index in [9.17, 15) is 10.2 Å². The Hall–Kier alpha value is -0.420. The summed E-state index contributed by atoms with van der Waals surface area (Å²) in [6, 6.07) is 5.60. The first-order valence-corrected chi connectivity index (χ1v) is 5.62. The van der Waals surface area contributed by atoms with Gasteiger partial charge in [0.1, 0.15) is 6.10 Å². The fraction of sp³-hybridized carbons (Fsp3) is 0.455. The van der Waals surface area contributed by atoms with E-state index >= 15 is 0 Å². The Morgan fingerprint density at radius 1 is 1.40 bits per heavy atom. The molecule has 0 amide bonds. The van der Waals surface area contributed by atoms with Crippen molar-refractivity contribution in [2.24, 2.45) is 0 Å². The van der Waals surface area contributed by atoms with Crippen LogP contribution in [-0.2, 0) is 0 Å². The molecule has 84 valence electrons. The van der Waals surface area contributed by atoms with Crippen LogP contribution in [0.3, 0.4) is 0 Å².